The summed E-state index contributed by atoms with van der Waals surface area (Å²) in [6.07, 6.45) is 1.63. The van der Waals surface area contributed by atoms with Gasteiger partial charge in [-0.3, -0.25) is 9.59 Å². The van der Waals surface area contributed by atoms with Gasteiger partial charge in [-0.1, -0.05) is 22.0 Å². The van der Waals surface area contributed by atoms with Crippen LogP contribution < -0.4 is 10.2 Å². The molecule has 2 heterocycles. The number of rotatable bonds is 4. The van der Waals surface area contributed by atoms with E-state index in [-0.39, 0.29) is 11.8 Å². The fourth-order valence-corrected chi connectivity index (χ4v) is 3.91. The highest BCUT2D eigenvalue weighted by Gasteiger charge is 2.41. The van der Waals surface area contributed by atoms with Gasteiger partial charge in [-0.15, -0.1) is 0 Å². The highest BCUT2D eigenvalue weighted by atomic mass is 79.9. The maximum Gasteiger partial charge on any atom is 0.239 e. The summed E-state index contributed by atoms with van der Waals surface area (Å²) in [4.78, 5) is 29.0. The van der Waals surface area contributed by atoms with Crippen LogP contribution in [0.2, 0.25) is 0 Å². The maximum absolute atomic E-state index is 12.7. The fraction of sp³-hybridized carbons (Fsp3) is 0.529. The largest absolute Gasteiger partial charge is 0.342 e. The SMILES string of the molecule is CNC[C@@H]1CCN(C(=O)[C@@H]2CCN(c3cccc(Br)c3)C2=O)C1. The van der Waals surface area contributed by atoms with Gasteiger partial charge in [0.15, 0.2) is 0 Å². The Balaban J connectivity index is 1.66. The van der Waals surface area contributed by atoms with E-state index in [0.29, 0.717) is 18.9 Å². The van der Waals surface area contributed by atoms with Gasteiger partial charge in [0, 0.05) is 29.8 Å². The van der Waals surface area contributed by atoms with Crippen LogP contribution in [-0.4, -0.2) is 49.9 Å². The van der Waals surface area contributed by atoms with Crippen LogP contribution in [0, 0.1) is 11.8 Å². The number of nitrogens with zero attached hydrogens (tertiary/aromatic N) is 2. The highest BCUT2D eigenvalue weighted by Crippen LogP contribution is 2.29. The van der Waals surface area contributed by atoms with Crippen LogP contribution in [0.3, 0.4) is 0 Å². The Bertz CT molecular complexity index is 607. The van der Waals surface area contributed by atoms with E-state index in [1.165, 1.54) is 0 Å². The van der Waals surface area contributed by atoms with Crippen LogP contribution in [0.4, 0.5) is 5.69 Å². The Morgan fingerprint density at radius 3 is 2.91 bits per heavy atom. The molecule has 5 nitrogen and oxygen atoms in total. The van der Waals surface area contributed by atoms with Gasteiger partial charge in [0.05, 0.1) is 0 Å². The molecule has 0 radical (unpaired) electrons. The highest BCUT2D eigenvalue weighted by molar-refractivity contribution is 9.10. The number of nitrogens with one attached hydrogen (secondary N) is 1. The Hall–Kier alpha value is -1.40. The summed E-state index contributed by atoms with van der Waals surface area (Å²) in [5, 5.41) is 3.16. The Morgan fingerprint density at radius 2 is 2.17 bits per heavy atom. The standard InChI is InChI=1S/C17H22BrN3O2/c1-19-10-12-5-7-20(11-12)16(22)15-6-8-21(17(15)23)14-4-2-3-13(18)9-14/h2-4,9,12,15,19H,5-8,10-11H2,1H3/t12-,15-/m0/s1. The van der Waals surface area contributed by atoms with Gasteiger partial charge in [-0.25, -0.2) is 0 Å². The first-order valence-corrected chi connectivity index (χ1v) is 8.89. The van der Waals surface area contributed by atoms with Crippen molar-refractivity contribution in [3.8, 4) is 0 Å². The van der Waals surface area contributed by atoms with Crippen LogP contribution >= 0.6 is 15.9 Å². The maximum atomic E-state index is 12.7. The second-order valence-corrected chi connectivity index (χ2v) is 7.22. The molecule has 0 unspecified atom stereocenters. The predicted molar refractivity (Wildman–Crippen MR) is 93.2 cm³/mol. The summed E-state index contributed by atoms with van der Waals surface area (Å²) in [7, 11) is 1.93. The summed E-state index contributed by atoms with van der Waals surface area (Å²) in [6.45, 7) is 3.07. The summed E-state index contributed by atoms with van der Waals surface area (Å²) in [5.74, 6) is -0.0692. The topological polar surface area (TPSA) is 52.7 Å². The van der Waals surface area contributed by atoms with Crippen LogP contribution in [0.5, 0.6) is 0 Å². The predicted octanol–water partition coefficient (Wildman–Crippen LogP) is 1.87. The molecule has 124 valence electrons. The van der Waals surface area contributed by atoms with Crippen molar-refractivity contribution in [2.75, 3.05) is 38.1 Å². The van der Waals surface area contributed by atoms with Crippen LogP contribution in [0.15, 0.2) is 28.7 Å². The third-order valence-corrected chi connectivity index (χ3v) is 5.21. The van der Waals surface area contributed by atoms with Crippen LogP contribution in [0.25, 0.3) is 0 Å². The lowest BCUT2D eigenvalue weighted by Crippen LogP contribution is -2.39. The molecule has 3 rings (SSSR count). The second kappa shape index (κ2) is 7.01. The smallest absolute Gasteiger partial charge is 0.239 e. The van der Waals surface area contributed by atoms with Crippen LogP contribution in [-0.2, 0) is 9.59 Å². The average Bonchev–Trinajstić information content (AvgIpc) is 3.14. The van der Waals surface area contributed by atoms with Crippen molar-refractivity contribution in [1.82, 2.24) is 10.2 Å². The molecule has 0 aromatic heterocycles. The van der Waals surface area contributed by atoms with Gasteiger partial charge in [-0.2, -0.15) is 0 Å². The molecule has 6 heteroatoms. The summed E-state index contributed by atoms with van der Waals surface area (Å²) >= 11 is 3.43. The number of benzene rings is 1. The molecule has 1 N–H and O–H groups in total. The summed E-state index contributed by atoms with van der Waals surface area (Å²) < 4.78 is 0.937. The monoisotopic (exact) mass is 379 g/mol. The van der Waals surface area contributed by atoms with Gasteiger partial charge in [0.2, 0.25) is 11.8 Å². The van der Waals surface area contributed by atoms with Crippen molar-refractivity contribution in [1.29, 1.82) is 0 Å². The molecular formula is C17H22BrN3O2. The van der Waals surface area contributed by atoms with E-state index in [9.17, 15) is 9.59 Å². The molecule has 2 aliphatic rings. The van der Waals surface area contributed by atoms with E-state index in [4.69, 9.17) is 0 Å². The third-order valence-electron chi connectivity index (χ3n) is 4.71. The molecular weight excluding hydrogens is 358 g/mol. The molecule has 1 aromatic carbocycles. The van der Waals surface area contributed by atoms with Crippen molar-refractivity contribution in [3.05, 3.63) is 28.7 Å². The lowest BCUT2D eigenvalue weighted by molar-refractivity contribution is -0.139. The Labute approximate surface area is 145 Å². The number of hydrogen-bond donors (Lipinski definition) is 1. The number of carbonyl (C=O) groups is 2. The van der Waals surface area contributed by atoms with Crippen LogP contribution in [0.1, 0.15) is 12.8 Å². The Morgan fingerprint density at radius 1 is 1.35 bits per heavy atom. The zero-order valence-electron chi connectivity index (χ0n) is 13.3. The number of carbonyl (C=O) groups excluding carboxylic acids is 2. The van der Waals surface area contributed by atoms with Crippen molar-refractivity contribution in [2.24, 2.45) is 11.8 Å². The first-order valence-electron chi connectivity index (χ1n) is 8.10. The zero-order valence-corrected chi connectivity index (χ0v) is 14.9. The molecule has 2 atom stereocenters. The number of halogens is 1. The lowest BCUT2D eigenvalue weighted by atomic mass is 10.1. The molecule has 2 aliphatic heterocycles. The van der Waals surface area contributed by atoms with Gasteiger partial charge in [0.1, 0.15) is 5.92 Å². The molecule has 2 saturated heterocycles. The van der Waals surface area contributed by atoms with E-state index < -0.39 is 5.92 Å². The second-order valence-electron chi connectivity index (χ2n) is 6.31. The molecule has 2 fully saturated rings. The van der Waals surface area contributed by atoms with Gasteiger partial charge in [-0.05, 0) is 50.6 Å². The van der Waals surface area contributed by atoms with Crippen molar-refractivity contribution >= 4 is 33.4 Å². The summed E-state index contributed by atoms with van der Waals surface area (Å²) in [6, 6.07) is 7.67. The van der Waals surface area contributed by atoms with E-state index in [1.807, 2.05) is 36.2 Å². The lowest BCUT2D eigenvalue weighted by Gasteiger charge is -2.21. The third kappa shape index (κ3) is 3.43. The quantitative estimate of drug-likeness (QED) is 0.812. The molecule has 23 heavy (non-hydrogen) atoms. The van der Waals surface area contributed by atoms with Gasteiger partial charge < -0.3 is 15.1 Å². The molecule has 0 spiro atoms. The fourth-order valence-electron chi connectivity index (χ4n) is 3.52. The van der Waals surface area contributed by atoms with Crippen molar-refractivity contribution in [3.63, 3.8) is 0 Å². The minimum Gasteiger partial charge on any atom is -0.342 e. The Kier molecular flexibility index (Phi) is 5.02. The van der Waals surface area contributed by atoms with E-state index in [0.717, 1.165) is 36.2 Å². The molecule has 0 aliphatic carbocycles. The minimum absolute atomic E-state index is 0.00565. The summed E-state index contributed by atoms with van der Waals surface area (Å²) in [5.41, 5.74) is 0.856. The molecule has 2 amide bonds. The number of likely N-dealkylation sites (tertiary alicyclic amines) is 1. The normalized spacial score (nSPS) is 24.5. The van der Waals surface area contributed by atoms with E-state index in [1.54, 1.807) is 4.90 Å². The van der Waals surface area contributed by atoms with E-state index >= 15 is 0 Å². The molecule has 0 bridgehead atoms. The zero-order chi connectivity index (χ0) is 16.4. The average molecular weight is 380 g/mol. The van der Waals surface area contributed by atoms with Gasteiger partial charge >= 0.3 is 0 Å². The minimum atomic E-state index is -0.512. The van der Waals surface area contributed by atoms with E-state index in [2.05, 4.69) is 21.2 Å². The van der Waals surface area contributed by atoms with Crippen molar-refractivity contribution in [2.45, 2.75) is 12.8 Å². The number of anilines is 1. The molecule has 0 saturated carbocycles. The number of hydrogen-bond acceptors (Lipinski definition) is 3. The van der Waals surface area contributed by atoms with Gasteiger partial charge in [0.25, 0.3) is 0 Å². The first kappa shape index (κ1) is 16.5. The first-order chi connectivity index (χ1) is 11.1. The number of amides is 2. The van der Waals surface area contributed by atoms with Crippen molar-refractivity contribution < 1.29 is 9.59 Å². The molecule has 1 aromatic rings.